The monoisotopic (exact) mass is 585 g/mol. The summed E-state index contributed by atoms with van der Waals surface area (Å²) in [5, 5.41) is 0. The van der Waals surface area contributed by atoms with E-state index in [-0.39, 0.29) is 5.97 Å². The minimum absolute atomic E-state index is 0.0453. The van der Waals surface area contributed by atoms with Crippen LogP contribution in [-0.2, 0) is 23.7 Å². The van der Waals surface area contributed by atoms with Gasteiger partial charge in [0.25, 0.3) is 0 Å². The summed E-state index contributed by atoms with van der Waals surface area (Å²) in [6.45, 7) is 21.7. The van der Waals surface area contributed by atoms with Crippen molar-refractivity contribution >= 4 is 5.97 Å². The molecule has 8 atom stereocenters. The summed E-state index contributed by atoms with van der Waals surface area (Å²) in [5.41, 5.74) is 1.30. The molecule has 0 aromatic heterocycles. The summed E-state index contributed by atoms with van der Waals surface area (Å²) < 4.78 is 21.6. The van der Waals surface area contributed by atoms with E-state index >= 15 is 0 Å². The molecule has 2 unspecified atom stereocenters. The summed E-state index contributed by atoms with van der Waals surface area (Å²) >= 11 is 0. The van der Waals surface area contributed by atoms with Gasteiger partial charge in [0.05, 0.1) is 52.8 Å². The maximum absolute atomic E-state index is 11.4. The van der Waals surface area contributed by atoms with Gasteiger partial charge in [0.15, 0.2) is 6.20 Å². The first kappa shape index (κ1) is 32.9. The Morgan fingerprint density at radius 2 is 1.21 bits per heavy atom. The first-order valence-corrected chi connectivity index (χ1v) is 15.7. The van der Waals surface area contributed by atoms with Gasteiger partial charge in [0, 0.05) is 48.6 Å². The number of hydrogen-bond acceptors (Lipinski definition) is 8. The number of ether oxygens (including phenoxy) is 4. The third-order valence-electron chi connectivity index (χ3n) is 10.1. The molecule has 0 aromatic carbocycles. The zero-order valence-electron chi connectivity index (χ0n) is 26.1. The third kappa shape index (κ3) is 8.75. The van der Waals surface area contributed by atoms with Gasteiger partial charge in [-0.25, -0.2) is 11.4 Å². The molecular weight excluding hydrogens is 534 g/mol. The Hall–Kier alpha value is -2.05. The van der Waals surface area contributed by atoms with E-state index in [2.05, 4.69) is 45.5 Å². The minimum atomic E-state index is -0.0453. The van der Waals surface area contributed by atoms with Crippen molar-refractivity contribution in [3.63, 3.8) is 0 Å². The average molecular weight is 586 g/mol. The van der Waals surface area contributed by atoms with Crippen LogP contribution in [-0.4, -0.2) is 131 Å². The predicted octanol–water partition coefficient (Wildman–Crippen LogP) is 3.35. The number of morpholine rings is 3. The van der Waals surface area contributed by atoms with E-state index in [1.807, 2.05) is 6.92 Å². The fraction of sp³-hybridized carbons (Fsp3) is 0.844. The lowest BCUT2D eigenvalue weighted by molar-refractivity contribution is -0.146. The van der Waals surface area contributed by atoms with Gasteiger partial charge in [-0.1, -0.05) is 5.57 Å². The zero-order valence-corrected chi connectivity index (χ0v) is 26.1. The summed E-state index contributed by atoms with van der Waals surface area (Å²) in [4.78, 5) is 25.5. The lowest BCUT2D eigenvalue weighted by Crippen LogP contribution is -2.55. The van der Waals surface area contributed by atoms with Gasteiger partial charge in [-0.15, -0.1) is 0 Å². The SMILES string of the molecule is CCOC(=O)CC1C[C@H]2COC[C@@H](C1)N2C.[C-]#[N+]C=C1C[C@H]2COC[C@@H](C1)N2C.[C-]#[N+]CC1C[C@H]2COC[C@@H](C1)N2C. The van der Waals surface area contributed by atoms with E-state index in [0.717, 1.165) is 78.2 Å². The highest BCUT2D eigenvalue weighted by atomic mass is 16.5. The second kappa shape index (κ2) is 16.1. The standard InChI is InChI=1S/C12H21NO3.C10H16N2O.C10H14N2O/c1-3-16-12(14)6-9-4-10-7-15-8-11(5-9)13(10)2;2*1-11-5-8-3-9-6-13-7-10(4-8)12(9)2/h9-11H,3-8H2,1-2H3;8-10H,3-7H2,2H3;5,9-10H,3-4,6-7H2,2H3/t9?,10-,11+;8?,9-,10+;9-,10+. The van der Waals surface area contributed by atoms with Crippen LogP contribution in [0, 0.1) is 25.0 Å². The summed E-state index contributed by atoms with van der Waals surface area (Å²) in [7, 11) is 6.51. The molecule has 6 saturated heterocycles. The van der Waals surface area contributed by atoms with Gasteiger partial charge < -0.3 is 23.8 Å². The van der Waals surface area contributed by atoms with E-state index < -0.39 is 0 Å². The van der Waals surface area contributed by atoms with Crippen molar-refractivity contribution in [3.8, 4) is 0 Å². The van der Waals surface area contributed by atoms with Crippen molar-refractivity contribution in [2.24, 2.45) is 11.8 Å². The highest BCUT2D eigenvalue weighted by molar-refractivity contribution is 5.69. The highest BCUT2D eigenvalue weighted by Gasteiger charge is 2.39. The highest BCUT2D eigenvalue weighted by Crippen LogP contribution is 2.33. The molecular formula is C32H51N5O5. The maximum Gasteiger partial charge on any atom is 0.306 e. The van der Waals surface area contributed by atoms with Gasteiger partial charge in [-0.05, 0) is 72.5 Å². The normalized spacial score (nSPS) is 37.1. The molecule has 0 aromatic rings. The third-order valence-corrected chi connectivity index (χ3v) is 10.1. The quantitative estimate of drug-likeness (QED) is 0.368. The van der Waals surface area contributed by atoms with Gasteiger partial charge in [-0.2, -0.15) is 0 Å². The molecule has 6 bridgehead atoms. The van der Waals surface area contributed by atoms with E-state index in [1.54, 1.807) is 6.20 Å². The first-order valence-electron chi connectivity index (χ1n) is 15.7. The Bertz CT molecular complexity index is 951. The van der Waals surface area contributed by atoms with Crippen LogP contribution in [0.15, 0.2) is 11.8 Å². The van der Waals surface area contributed by atoms with Crippen LogP contribution in [0.5, 0.6) is 0 Å². The summed E-state index contributed by atoms with van der Waals surface area (Å²) in [6, 6.07) is 3.12. The molecule has 6 fully saturated rings. The average Bonchev–Trinajstić information content (AvgIpc) is 2.92. The van der Waals surface area contributed by atoms with E-state index in [4.69, 9.17) is 32.1 Å². The Kier molecular flexibility index (Phi) is 12.6. The summed E-state index contributed by atoms with van der Waals surface area (Å²) in [6.07, 6.45) is 8.71. The number of esters is 1. The molecule has 10 heteroatoms. The second-order valence-electron chi connectivity index (χ2n) is 12.9. The number of fused-ring (bicyclic) bond motifs is 6. The first-order chi connectivity index (χ1) is 20.3. The number of carbonyl (C=O) groups is 1. The van der Waals surface area contributed by atoms with Crippen molar-refractivity contribution in [1.82, 2.24) is 14.7 Å². The van der Waals surface area contributed by atoms with Crippen LogP contribution in [0.25, 0.3) is 9.69 Å². The number of piperidine rings is 3. The lowest BCUT2D eigenvalue weighted by atomic mass is 9.83. The summed E-state index contributed by atoms with van der Waals surface area (Å²) in [5.74, 6) is 1.05. The van der Waals surface area contributed by atoms with Crippen molar-refractivity contribution in [2.75, 3.05) is 73.9 Å². The molecule has 6 aliphatic rings. The molecule has 0 aliphatic carbocycles. The Balaban J connectivity index is 0.000000146. The molecule has 0 amide bonds. The number of likely N-dealkylation sites (N-methyl/N-ethyl adjacent to an activating group) is 3. The van der Waals surface area contributed by atoms with Crippen LogP contribution in [0.3, 0.4) is 0 Å². The largest absolute Gasteiger partial charge is 0.466 e. The number of nitrogens with zero attached hydrogens (tertiary/aromatic N) is 5. The maximum atomic E-state index is 11.4. The topological polar surface area (TPSA) is 72.4 Å². The van der Waals surface area contributed by atoms with Crippen molar-refractivity contribution < 1.29 is 23.7 Å². The fourth-order valence-electron chi connectivity index (χ4n) is 7.48. The van der Waals surface area contributed by atoms with Crippen LogP contribution in [0.1, 0.15) is 51.9 Å². The molecule has 0 saturated carbocycles. The van der Waals surface area contributed by atoms with Crippen LogP contribution < -0.4 is 0 Å². The Morgan fingerprint density at radius 3 is 1.64 bits per heavy atom. The van der Waals surface area contributed by atoms with Gasteiger partial charge in [-0.3, -0.25) is 19.5 Å². The number of carbonyl (C=O) groups excluding carboxylic acids is 1. The Labute approximate surface area is 252 Å². The fourth-order valence-corrected chi connectivity index (χ4v) is 7.48. The van der Waals surface area contributed by atoms with E-state index in [1.165, 1.54) is 5.57 Å². The molecule has 0 spiro atoms. The number of rotatable bonds is 4. The molecule has 0 radical (unpaired) electrons. The van der Waals surface area contributed by atoms with Crippen molar-refractivity contribution in [2.45, 2.75) is 88.1 Å². The van der Waals surface area contributed by atoms with E-state index in [0.29, 0.717) is 67.7 Å². The number of hydrogen-bond donors (Lipinski definition) is 0. The second-order valence-corrected chi connectivity index (χ2v) is 12.9. The molecule has 6 heterocycles. The minimum Gasteiger partial charge on any atom is -0.466 e. The zero-order chi connectivity index (χ0) is 30.1. The molecule has 6 rings (SSSR count). The molecule has 42 heavy (non-hydrogen) atoms. The van der Waals surface area contributed by atoms with Gasteiger partial charge in [0.1, 0.15) is 0 Å². The molecule has 0 N–H and O–H groups in total. The smallest absolute Gasteiger partial charge is 0.306 e. The van der Waals surface area contributed by atoms with Gasteiger partial charge >= 0.3 is 5.97 Å². The molecule has 10 nitrogen and oxygen atoms in total. The lowest BCUT2D eigenvalue weighted by Gasteiger charge is -2.46. The predicted molar refractivity (Wildman–Crippen MR) is 161 cm³/mol. The molecule has 234 valence electrons. The van der Waals surface area contributed by atoms with Crippen LogP contribution in [0.4, 0.5) is 0 Å². The molecule has 6 aliphatic heterocycles. The van der Waals surface area contributed by atoms with Crippen LogP contribution in [0.2, 0.25) is 0 Å². The van der Waals surface area contributed by atoms with Crippen LogP contribution >= 0.6 is 0 Å². The van der Waals surface area contributed by atoms with Gasteiger partial charge in [0.2, 0.25) is 6.54 Å². The van der Waals surface area contributed by atoms with Crippen molar-refractivity contribution in [3.05, 3.63) is 34.6 Å². The van der Waals surface area contributed by atoms with E-state index in [9.17, 15) is 4.79 Å². The Morgan fingerprint density at radius 1 is 0.786 bits per heavy atom. The van der Waals surface area contributed by atoms with Crippen molar-refractivity contribution in [1.29, 1.82) is 0 Å².